The SMILES string of the molecule is O=C1c2ccccc2[Se]CC1C(O)c1ccc([N+](=O)[O-])cc1. The number of hydrogen-bond acceptors (Lipinski definition) is 4. The van der Waals surface area contributed by atoms with Crippen molar-refractivity contribution in [1.29, 1.82) is 0 Å². The summed E-state index contributed by atoms with van der Waals surface area (Å²) in [7, 11) is 0. The molecule has 112 valence electrons. The number of aliphatic hydroxyl groups is 1. The first-order chi connectivity index (χ1) is 10.6. The van der Waals surface area contributed by atoms with Crippen molar-refractivity contribution < 1.29 is 14.8 Å². The normalized spacial score (nSPS) is 18.6. The van der Waals surface area contributed by atoms with Crippen LogP contribution in [0.2, 0.25) is 5.32 Å². The van der Waals surface area contributed by atoms with Crippen molar-refractivity contribution >= 4 is 30.9 Å². The first-order valence-corrected chi connectivity index (χ1v) is 8.83. The number of rotatable bonds is 3. The molecule has 5 nitrogen and oxygen atoms in total. The van der Waals surface area contributed by atoms with E-state index in [4.69, 9.17) is 0 Å². The van der Waals surface area contributed by atoms with Crippen molar-refractivity contribution in [3.05, 3.63) is 69.8 Å². The average Bonchev–Trinajstić information content (AvgIpc) is 2.55. The van der Waals surface area contributed by atoms with Crippen molar-refractivity contribution in [2.75, 3.05) is 0 Å². The number of aliphatic hydroxyl groups excluding tert-OH is 1. The van der Waals surface area contributed by atoms with E-state index in [-0.39, 0.29) is 26.4 Å². The molecule has 2 aromatic rings. The van der Waals surface area contributed by atoms with Crippen LogP contribution in [-0.4, -0.2) is 30.8 Å². The number of non-ortho nitro benzene ring substituents is 1. The van der Waals surface area contributed by atoms with Gasteiger partial charge in [0.25, 0.3) is 0 Å². The zero-order chi connectivity index (χ0) is 15.7. The van der Waals surface area contributed by atoms with E-state index in [9.17, 15) is 20.0 Å². The third-order valence-corrected chi connectivity index (χ3v) is 6.24. The summed E-state index contributed by atoms with van der Waals surface area (Å²) in [6, 6.07) is 13.2. The Labute approximate surface area is 133 Å². The monoisotopic (exact) mass is 363 g/mol. The summed E-state index contributed by atoms with van der Waals surface area (Å²) in [6.45, 7) is 0. The van der Waals surface area contributed by atoms with Crippen LogP contribution < -0.4 is 4.46 Å². The summed E-state index contributed by atoms with van der Waals surface area (Å²) in [6.07, 6.45) is -0.927. The Kier molecular flexibility index (Phi) is 4.07. The topological polar surface area (TPSA) is 80.4 Å². The molecule has 0 spiro atoms. The van der Waals surface area contributed by atoms with Gasteiger partial charge in [0.15, 0.2) is 0 Å². The zero-order valence-electron chi connectivity index (χ0n) is 11.5. The van der Waals surface area contributed by atoms with Crippen molar-refractivity contribution in [3.63, 3.8) is 0 Å². The Bertz CT molecular complexity index is 729. The first kappa shape index (κ1) is 14.9. The molecular weight excluding hydrogens is 349 g/mol. The first-order valence-electron chi connectivity index (χ1n) is 6.76. The number of Topliss-reactive ketones (excluding diaryl/α,β-unsaturated/α-hetero) is 1. The zero-order valence-corrected chi connectivity index (χ0v) is 13.2. The van der Waals surface area contributed by atoms with Gasteiger partial charge < -0.3 is 0 Å². The van der Waals surface area contributed by atoms with Gasteiger partial charge >= 0.3 is 133 Å². The maximum atomic E-state index is 12.5. The third kappa shape index (κ3) is 2.68. The second kappa shape index (κ2) is 6.01. The fraction of sp³-hybridized carbons (Fsp3) is 0.188. The van der Waals surface area contributed by atoms with E-state index in [0.717, 1.165) is 4.46 Å². The Balaban J connectivity index is 1.85. The molecule has 0 bridgehead atoms. The molecule has 6 heteroatoms. The second-order valence-electron chi connectivity index (χ2n) is 5.07. The van der Waals surface area contributed by atoms with Crippen LogP contribution >= 0.6 is 0 Å². The molecule has 0 aromatic heterocycles. The van der Waals surface area contributed by atoms with Gasteiger partial charge in [-0.25, -0.2) is 0 Å². The number of carbonyl (C=O) groups is 1. The van der Waals surface area contributed by atoms with Gasteiger partial charge in [-0.15, -0.1) is 0 Å². The van der Waals surface area contributed by atoms with Crippen molar-refractivity contribution in [2.45, 2.75) is 11.4 Å². The van der Waals surface area contributed by atoms with Crippen molar-refractivity contribution in [3.8, 4) is 0 Å². The van der Waals surface area contributed by atoms with Crippen LogP contribution in [0.15, 0.2) is 48.5 Å². The van der Waals surface area contributed by atoms with Crippen LogP contribution in [-0.2, 0) is 0 Å². The van der Waals surface area contributed by atoms with Crippen molar-refractivity contribution in [1.82, 2.24) is 0 Å². The van der Waals surface area contributed by atoms with Crippen LogP contribution in [0.5, 0.6) is 0 Å². The molecule has 1 N–H and O–H groups in total. The fourth-order valence-electron chi connectivity index (χ4n) is 2.51. The standard InChI is InChI=1S/C16H13NO4Se/c18-15(10-5-7-11(8-6-10)17(20)21)13-9-22-14-4-2-1-3-12(14)16(13)19/h1-8,13,15,18H,9H2. The van der Waals surface area contributed by atoms with Gasteiger partial charge in [-0.2, -0.15) is 0 Å². The number of ketones is 1. The number of benzene rings is 2. The molecular formula is C16H13NO4Se. The molecule has 1 aliphatic rings. The molecule has 0 fully saturated rings. The number of fused-ring (bicyclic) bond motifs is 1. The Morgan fingerprint density at radius 1 is 1.18 bits per heavy atom. The number of carbonyl (C=O) groups excluding carboxylic acids is 1. The van der Waals surface area contributed by atoms with Crippen molar-refractivity contribution in [2.24, 2.45) is 5.92 Å². The average molecular weight is 362 g/mol. The molecule has 2 aromatic carbocycles. The van der Waals surface area contributed by atoms with Crippen LogP contribution in [0.3, 0.4) is 0 Å². The van der Waals surface area contributed by atoms with Gasteiger partial charge in [-0.3, -0.25) is 0 Å². The van der Waals surface area contributed by atoms with E-state index in [0.29, 0.717) is 16.4 Å². The van der Waals surface area contributed by atoms with Crippen LogP contribution in [0.4, 0.5) is 5.69 Å². The molecule has 0 amide bonds. The number of nitrogens with zero attached hydrogens (tertiary/aromatic N) is 1. The third-order valence-electron chi connectivity index (χ3n) is 3.73. The summed E-state index contributed by atoms with van der Waals surface area (Å²) < 4.78 is 1.08. The Hall–Kier alpha value is -2.01. The second-order valence-corrected chi connectivity index (χ2v) is 7.30. The van der Waals surface area contributed by atoms with Crippen LogP contribution in [0.1, 0.15) is 22.0 Å². The van der Waals surface area contributed by atoms with Gasteiger partial charge in [0, 0.05) is 0 Å². The summed E-state index contributed by atoms with van der Waals surface area (Å²) >= 11 is 0.150. The molecule has 3 rings (SSSR count). The van der Waals surface area contributed by atoms with Gasteiger partial charge in [0.1, 0.15) is 0 Å². The molecule has 0 saturated heterocycles. The molecule has 1 heterocycles. The van der Waals surface area contributed by atoms with E-state index in [1.165, 1.54) is 24.3 Å². The van der Waals surface area contributed by atoms with Gasteiger partial charge in [0.2, 0.25) is 0 Å². The number of nitro groups is 1. The van der Waals surface area contributed by atoms with E-state index in [1.807, 2.05) is 18.2 Å². The molecule has 2 unspecified atom stereocenters. The van der Waals surface area contributed by atoms with Gasteiger partial charge in [0.05, 0.1) is 0 Å². The molecule has 0 radical (unpaired) electrons. The molecule has 22 heavy (non-hydrogen) atoms. The molecule has 2 atom stereocenters. The molecule has 0 saturated carbocycles. The quantitative estimate of drug-likeness (QED) is 0.514. The predicted molar refractivity (Wildman–Crippen MR) is 82.5 cm³/mol. The Morgan fingerprint density at radius 2 is 1.86 bits per heavy atom. The summed E-state index contributed by atoms with van der Waals surface area (Å²) in [4.78, 5) is 22.7. The summed E-state index contributed by atoms with van der Waals surface area (Å²) in [5, 5.41) is 21.8. The minimum absolute atomic E-state index is 0.0273. The molecule has 1 aliphatic heterocycles. The van der Waals surface area contributed by atoms with E-state index >= 15 is 0 Å². The van der Waals surface area contributed by atoms with E-state index < -0.39 is 16.9 Å². The fourth-order valence-corrected chi connectivity index (χ4v) is 5.01. The minimum atomic E-state index is -0.927. The Morgan fingerprint density at radius 3 is 2.55 bits per heavy atom. The maximum absolute atomic E-state index is 12.5. The summed E-state index contributed by atoms with van der Waals surface area (Å²) in [5.74, 6) is -0.522. The van der Waals surface area contributed by atoms with E-state index in [2.05, 4.69) is 0 Å². The van der Waals surface area contributed by atoms with Crippen LogP contribution in [0.25, 0.3) is 0 Å². The number of hydrogen-bond donors (Lipinski definition) is 1. The summed E-state index contributed by atoms with van der Waals surface area (Å²) in [5.41, 5.74) is 1.21. The van der Waals surface area contributed by atoms with E-state index in [1.54, 1.807) is 6.07 Å². The van der Waals surface area contributed by atoms with Gasteiger partial charge in [-0.1, -0.05) is 0 Å². The number of nitro benzene ring substituents is 1. The van der Waals surface area contributed by atoms with Crippen LogP contribution in [0, 0.1) is 16.0 Å². The predicted octanol–water partition coefficient (Wildman–Crippen LogP) is 1.89. The van der Waals surface area contributed by atoms with Gasteiger partial charge in [-0.05, 0) is 0 Å². The molecule has 0 aliphatic carbocycles.